The molecule has 0 aliphatic rings. The maximum Gasteiger partial charge on any atom is 0.263 e. The highest BCUT2D eigenvalue weighted by Gasteiger charge is 2.17. The lowest BCUT2D eigenvalue weighted by Gasteiger charge is -2.16. The van der Waals surface area contributed by atoms with Gasteiger partial charge in [0, 0.05) is 23.3 Å². The van der Waals surface area contributed by atoms with E-state index in [0.29, 0.717) is 28.5 Å². The second kappa shape index (κ2) is 9.64. The number of thiophene rings is 2. The summed E-state index contributed by atoms with van der Waals surface area (Å²) in [5.41, 5.74) is 0.949. The molecule has 0 fully saturated rings. The van der Waals surface area contributed by atoms with E-state index in [0.717, 1.165) is 15.3 Å². The van der Waals surface area contributed by atoms with Crippen LogP contribution < -0.4 is 5.56 Å². The summed E-state index contributed by atoms with van der Waals surface area (Å²) in [6, 6.07) is 15.8. The van der Waals surface area contributed by atoms with E-state index >= 15 is 0 Å². The van der Waals surface area contributed by atoms with E-state index < -0.39 is 0 Å². The van der Waals surface area contributed by atoms with Gasteiger partial charge >= 0.3 is 0 Å². The maximum absolute atomic E-state index is 13.1. The molecule has 0 radical (unpaired) electrons. The van der Waals surface area contributed by atoms with Crippen LogP contribution in [0.25, 0.3) is 20.7 Å². The fourth-order valence-corrected chi connectivity index (χ4v) is 5.89. The third kappa shape index (κ3) is 4.81. The van der Waals surface area contributed by atoms with Crippen LogP contribution in [0.5, 0.6) is 0 Å². The van der Waals surface area contributed by atoms with Gasteiger partial charge in [0.2, 0.25) is 5.91 Å². The lowest BCUT2D eigenvalue weighted by atomic mass is 10.2. The third-order valence-corrected chi connectivity index (χ3v) is 7.61. The molecule has 158 valence electrons. The average Bonchev–Trinajstić information content (AvgIpc) is 3.45. The number of amides is 1. The molecule has 0 spiro atoms. The van der Waals surface area contributed by atoms with Gasteiger partial charge in [-0.15, -0.1) is 29.3 Å². The standard InChI is InChI=1S/C23H21N3O2S3/c1-3-11-26-22(28)18-13-19(16-8-5-4-6-9-16)31-21(18)24-23(26)30-15-20(27)25(2)14-17-10-7-12-29-17/h3-10,12-13H,1,11,14-15H2,2H3. The first-order valence-electron chi connectivity index (χ1n) is 9.66. The Hall–Kier alpha value is -2.68. The first kappa shape index (κ1) is 21.5. The number of rotatable bonds is 8. The molecule has 1 aromatic carbocycles. The number of thioether (sulfide) groups is 1. The molecule has 31 heavy (non-hydrogen) atoms. The topological polar surface area (TPSA) is 55.2 Å². The van der Waals surface area contributed by atoms with Crippen molar-refractivity contribution in [1.82, 2.24) is 14.5 Å². The molecule has 0 atom stereocenters. The summed E-state index contributed by atoms with van der Waals surface area (Å²) in [6.45, 7) is 4.69. The zero-order valence-corrected chi connectivity index (χ0v) is 19.4. The Morgan fingerprint density at radius 2 is 2.06 bits per heavy atom. The molecule has 3 heterocycles. The number of benzene rings is 1. The Bertz CT molecular complexity index is 1260. The number of allylic oxidation sites excluding steroid dienone is 1. The van der Waals surface area contributed by atoms with E-state index in [1.54, 1.807) is 33.9 Å². The van der Waals surface area contributed by atoms with Gasteiger partial charge in [-0.25, -0.2) is 4.98 Å². The molecule has 0 saturated heterocycles. The number of hydrogen-bond donors (Lipinski definition) is 0. The largest absolute Gasteiger partial charge is 0.340 e. The first-order valence-corrected chi connectivity index (χ1v) is 12.3. The van der Waals surface area contributed by atoms with Crippen molar-refractivity contribution >= 4 is 50.6 Å². The normalized spacial score (nSPS) is 11.0. The molecule has 1 amide bonds. The van der Waals surface area contributed by atoms with Gasteiger partial charge in [0.15, 0.2) is 5.16 Å². The van der Waals surface area contributed by atoms with Gasteiger partial charge in [0.1, 0.15) is 4.83 Å². The molecule has 0 bridgehead atoms. The van der Waals surface area contributed by atoms with E-state index in [9.17, 15) is 9.59 Å². The minimum Gasteiger partial charge on any atom is -0.340 e. The SMILES string of the molecule is C=CCn1c(SCC(=O)N(C)Cc2cccs2)nc2sc(-c3ccccc3)cc2c1=O. The molecular weight excluding hydrogens is 446 g/mol. The molecule has 3 aromatic heterocycles. The van der Waals surface area contributed by atoms with Crippen molar-refractivity contribution in [1.29, 1.82) is 0 Å². The van der Waals surface area contributed by atoms with Crippen molar-refractivity contribution in [3.8, 4) is 10.4 Å². The van der Waals surface area contributed by atoms with Crippen molar-refractivity contribution < 1.29 is 4.79 Å². The highest BCUT2D eigenvalue weighted by Crippen LogP contribution is 2.32. The fourth-order valence-electron chi connectivity index (χ4n) is 3.10. The van der Waals surface area contributed by atoms with Crippen LogP contribution in [-0.2, 0) is 17.9 Å². The number of carbonyl (C=O) groups excluding carboxylic acids is 1. The van der Waals surface area contributed by atoms with Gasteiger partial charge in [-0.3, -0.25) is 14.2 Å². The van der Waals surface area contributed by atoms with Crippen LogP contribution in [0.4, 0.5) is 0 Å². The summed E-state index contributed by atoms with van der Waals surface area (Å²) in [7, 11) is 1.79. The number of carbonyl (C=O) groups is 1. The second-order valence-electron chi connectivity index (χ2n) is 6.91. The molecule has 8 heteroatoms. The van der Waals surface area contributed by atoms with Gasteiger partial charge < -0.3 is 4.90 Å². The summed E-state index contributed by atoms with van der Waals surface area (Å²) in [4.78, 5) is 35.0. The van der Waals surface area contributed by atoms with Gasteiger partial charge in [0.05, 0.1) is 17.7 Å². The number of aromatic nitrogens is 2. The maximum atomic E-state index is 13.1. The second-order valence-corrected chi connectivity index (χ2v) is 9.92. The predicted molar refractivity (Wildman–Crippen MR) is 131 cm³/mol. The molecule has 0 saturated carbocycles. The average molecular weight is 468 g/mol. The van der Waals surface area contributed by atoms with Crippen molar-refractivity contribution in [2.75, 3.05) is 12.8 Å². The van der Waals surface area contributed by atoms with Crippen molar-refractivity contribution in [3.05, 3.63) is 81.8 Å². The molecule has 0 N–H and O–H groups in total. The predicted octanol–water partition coefficient (Wildman–Crippen LogP) is 5.12. The Morgan fingerprint density at radius 3 is 2.77 bits per heavy atom. The zero-order valence-electron chi connectivity index (χ0n) is 17.0. The molecule has 5 nitrogen and oxygen atoms in total. The third-order valence-electron chi connectivity index (χ3n) is 4.71. The lowest BCUT2D eigenvalue weighted by Crippen LogP contribution is -2.28. The molecule has 0 aliphatic carbocycles. The van der Waals surface area contributed by atoms with Crippen LogP contribution in [0.2, 0.25) is 0 Å². The Balaban J connectivity index is 1.60. The van der Waals surface area contributed by atoms with E-state index in [-0.39, 0.29) is 17.2 Å². The fraction of sp³-hybridized carbons (Fsp3) is 0.174. The molecule has 0 aliphatic heterocycles. The van der Waals surface area contributed by atoms with Gasteiger partial charge in [-0.1, -0.05) is 54.2 Å². The Labute approximate surface area is 192 Å². The van der Waals surface area contributed by atoms with Crippen LogP contribution in [0, 0.1) is 0 Å². The van der Waals surface area contributed by atoms with E-state index in [1.165, 1.54) is 23.1 Å². The minimum atomic E-state index is -0.106. The summed E-state index contributed by atoms with van der Waals surface area (Å²) in [5.74, 6) is 0.211. The zero-order chi connectivity index (χ0) is 21.8. The summed E-state index contributed by atoms with van der Waals surface area (Å²) < 4.78 is 1.59. The van der Waals surface area contributed by atoms with Crippen molar-refractivity contribution in [3.63, 3.8) is 0 Å². The van der Waals surface area contributed by atoms with Crippen LogP contribution in [0.1, 0.15) is 4.88 Å². The monoisotopic (exact) mass is 467 g/mol. The molecule has 0 unspecified atom stereocenters. The van der Waals surface area contributed by atoms with E-state index in [4.69, 9.17) is 4.98 Å². The summed E-state index contributed by atoms with van der Waals surface area (Å²) in [6.07, 6.45) is 1.67. The highest BCUT2D eigenvalue weighted by molar-refractivity contribution is 7.99. The van der Waals surface area contributed by atoms with Crippen LogP contribution in [0.3, 0.4) is 0 Å². The molecule has 4 rings (SSSR count). The minimum absolute atomic E-state index is 0.00551. The van der Waals surface area contributed by atoms with Crippen LogP contribution in [-0.4, -0.2) is 33.2 Å². The summed E-state index contributed by atoms with van der Waals surface area (Å²) >= 11 is 4.41. The lowest BCUT2D eigenvalue weighted by molar-refractivity contribution is -0.127. The number of nitrogens with zero attached hydrogens (tertiary/aromatic N) is 3. The summed E-state index contributed by atoms with van der Waals surface area (Å²) in [5, 5.41) is 3.13. The first-order chi connectivity index (χ1) is 15.1. The van der Waals surface area contributed by atoms with Crippen molar-refractivity contribution in [2.24, 2.45) is 0 Å². The van der Waals surface area contributed by atoms with Gasteiger partial charge in [-0.05, 0) is 23.1 Å². The number of fused-ring (bicyclic) bond motifs is 1. The van der Waals surface area contributed by atoms with E-state index in [2.05, 4.69) is 6.58 Å². The number of hydrogen-bond acceptors (Lipinski definition) is 6. The molecule has 4 aromatic rings. The van der Waals surface area contributed by atoms with Crippen LogP contribution in [0.15, 0.2) is 76.5 Å². The van der Waals surface area contributed by atoms with Gasteiger partial charge in [-0.2, -0.15) is 0 Å². The van der Waals surface area contributed by atoms with Crippen LogP contribution >= 0.6 is 34.4 Å². The highest BCUT2D eigenvalue weighted by atomic mass is 32.2. The van der Waals surface area contributed by atoms with Gasteiger partial charge in [0.25, 0.3) is 5.56 Å². The quantitative estimate of drug-likeness (QED) is 0.205. The molecular formula is C23H21N3O2S3. The Kier molecular flexibility index (Phi) is 6.70. The van der Waals surface area contributed by atoms with Crippen molar-refractivity contribution in [2.45, 2.75) is 18.2 Å². The Morgan fingerprint density at radius 1 is 1.26 bits per heavy atom. The smallest absolute Gasteiger partial charge is 0.263 e. The van der Waals surface area contributed by atoms with E-state index in [1.807, 2.05) is 53.9 Å².